The number of carbonyl (C=O) groups is 1. The quantitative estimate of drug-likeness (QED) is 0.858. The van der Waals surface area contributed by atoms with Crippen molar-refractivity contribution in [3.05, 3.63) is 29.3 Å². The first-order chi connectivity index (χ1) is 7.91. The maximum absolute atomic E-state index is 12.0. The molecule has 1 aromatic rings. The number of phenolic OH excluding ortho intramolecular Hbond substituents is 1. The van der Waals surface area contributed by atoms with Crippen LogP contribution in [0.15, 0.2) is 18.2 Å². The minimum absolute atomic E-state index is 0.0186. The van der Waals surface area contributed by atoms with Crippen molar-refractivity contribution < 1.29 is 9.90 Å². The molecule has 0 saturated carbocycles. The summed E-state index contributed by atoms with van der Waals surface area (Å²) in [6.45, 7) is 3.30. The van der Waals surface area contributed by atoms with E-state index in [0.29, 0.717) is 12.1 Å². The Morgan fingerprint density at radius 3 is 2.41 bits per heavy atom. The molecule has 0 aliphatic carbocycles. The van der Waals surface area contributed by atoms with Gasteiger partial charge in [-0.3, -0.25) is 4.79 Å². The Labute approximate surface area is 102 Å². The molecule has 17 heavy (non-hydrogen) atoms. The van der Waals surface area contributed by atoms with Crippen LogP contribution in [-0.2, 0) is 0 Å². The monoisotopic (exact) mass is 236 g/mol. The summed E-state index contributed by atoms with van der Waals surface area (Å²) in [5.74, 6) is 0.201. The molecular weight excluding hydrogens is 216 g/mol. The van der Waals surface area contributed by atoms with Gasteiger partial charge in [0.05, 0.1) is 0 Å². The highest BCUT2D eigenvalue weighted by Gasteiger charge is 2.12. The van der Waals surface area contributed by atoms with E-state index in [2.05, 4.69) is 0 Å². The molecule has 4 nitrogen and oxygen atoms in total. The minimum Gasteiger partial charge on any atom is -0.508 e. The second-order valence-corrected chi connectivity index (χ2v) is 4.53. The molecule has 0 saturated heterocycles. The number of benzene rings is 1. The Morgan fingerprint density at radius 1 is 1.24 bits per heavy atom. The number of phenols is 1. The highest BCUT2D eigenvalue weighted by molar-refractivity contribution is 5.94. The van der Waals surface area contributed by atoms with Gasteiger partial charge in [-0.05, 0) is 44.8 Å². The third-order valence-electron chi connectivity index (χ3n) is 2.67. The molecule has 0 heterocycles. The molecule has 0 aliphatic rings. The van der Waals surface area contributed by atoms with E-state index in [1.165, 1.54) is 0 Å². The highest BCUT2D eigenvalue weighted by Crippen LogP contribution is 2.17. The number of aryl methyl sites for hydroxylation is 1. The Balaban J connectivity index is 2.71. The van der Waals surface area contributed by atoms with E-state index < -0.39 is 0 Å². The topological polar surface area (TPSA) is 43.8 Å². The third-order valence-corrected chi connectivity index (χ3v) is 2.67. The lowest BCUT2D eigenvalue weighted by Crippen LogP contribution is -2.33. The number of likely N-dealkylation sites (N-methyl/N-ethyl adjacent to an activating group) is 2. The predicted molar refractivity (Wildman–Crippen MR) is 68.4 cm³/mol. The Bertz CT molecular complexity index is 402. The van der Waals surface area contributed by atoms with Crippen LogP contribution >= 0.6 is 0 Å². The van der Waals surface area contributed by atoms with Crippen molar-refractivity contribution >= 4 is 5.91 Å². The van der Waals surface area contributed by atoms with Crippen molar-refractivity contribution in [2.75, 3.05) is 34.2 Å². The molecule has 0 unspecified atom stereocenters. The molecule has 0 aromatic heterocycles. The number of rotatable bonds is 4. The van der Waals surface area contributed by atoms with Crippen molar-refractivity contribution in [1.82, 2.24) is 9.80 Å². The van der Waals surface area contributed by atoms with Crippen molar-refractivity contribution in [1.29, 1.82) is 0 Å². The zero-order chi connectivity index (χ0) is 13.0. The SMILES string of the molecule is Cc1cc(C(=O)N(C)CCN(C)C)ccc1O. The van der Waals surface area contributed by atoms with Crippen molar-refractivity contribution in [3.8, 4) is 5.75 Å². The van der Waals surface area contributed by atoms with E-state index in [1.807, 2.05) is 19.0 Å². The van der Waals surface area contributed by atoms with Crippen LogP contribution in [-0.4, -0.2) is 55.0 Å². The summed E-state index contributed by atoms with van der Waals surface area (Å²) >= 11 is 0. The van der Waals surface area contributed by atoms with Gasteiger partial charge in [0.2, 0.25) is 0 Å². The van der Waals surface area contributed by atoms with E-state index in [0.717, 1.165) is 12.1 Å². The van der Waals surface area contributed by atoms with Gasteiger partial charge in [-0.1, -0.05) is 0 Å². The normalized spacial score (nSPS) is 10.6. The predicted octanol–water partition coefficient (Wildman–Crippen LogP) is 1.33. The van der Waals surface area contributed by atoms with Gasteiger partial charge < -0.3 is 14.9 Å². The Morgan fingerprint density at radius 2 is 1.88 bits per heavy atom. The fourth-order valence-corrected chi connectivity index (χ4v) is 1.46. The summed E-state index contributed by atoms with van der Waals surface area (Å²) in [5.41, 5.74) is 1.33. The third kappa shape index (κ3) is 3.75. The first-order valence-electron chi connectivity index (χ1n) is 5.61. The summed E-state index contributed by atoms with van der Waals surface area (Å²) in [5, 5.41) is 9.41. The fraction of sp³-hybridized carbons (Fsp3) is 0.462. The standard InChI is InChI=1S/C13H20N2O2/c1-10-9-11(5-6-12(10)16)13(17)15(4)8-7-14(2)3/h5-6,9,16H,7-8H2,1-4H3. The van der Waals surface area contributed by atoms with E-state index in [1.54, 1.807) is 37.1 Å². The second-order valence-electron chi connectivity index (χ2n) is 4.53. The van der Waals surface area contributed by atoms with E-state index in [9.17, 15) is 9.90 Å². The molecular formula is C13H20N2O2. The lowest BCUT2D eigenvalue weighted by atomic mass is 10.1. The molecule has 0 aliphatic heterocycles. The average molecular weight is 236 g/mol. The van der Waals surface area contributed by atoms with Crippen LogP contribution < -0.4 is 0 Å². The molecule has 0 radical (unpaired) electrons. The first-order valence-corrected chi connectivity index (χ1v) is 5.61. The number of amides is 1. The van der Waals surface area contributed by atoms with Crippen LogP contribution in [0.5, 0.6) is 5.75 Å². The summed E-state index contributed by atoms with van der Waals surface area (Å²) in [4.78, 5) is 15.8. The first kappa shape index (κ1) is 13.5. The van der Waals surface area contributed by atoms with Gasteiger partial charge in [0.25, 0.3) is 5.91 Å². The molecule has 4 heteroatoms. The smallest absolute Gasteiger partial charge is 0.253 e. The molecule has 0 atom stereocenters. The second kappa shape index (κ2) is 5.68. The van der Waals surface area contributed by atoms with Crippen LogP contribution in [0, 0.1) is 6.92 Å². The van der Waals surface area contributed by atoms with Gasteiger partial charge in [0, 0.05) is 25.7 Å². The number of aromatic hydroxyl groups is 1. The van der Waals surface area contributed by atoms with Crippen LogP contribution in [0.2, 0.25) is 0 Å². The molecule has 0 spiro atoms. The number of hydrogen-bond acceptors (Lipinski definition) is 3. The minimum atomic E-state index is -0.0186. The van der Waals surface area contributed by atoms with Crippen molar-refractivity contribution in [3.63, 3.8) is 0 Å². The summed E-state index contributed by atoms with van der Waals surface area (Å²) in [7, 11) is 5.74. The zero-order valence-corrected chi connectivity index (χ0v) is 10.9. The van der Waals surface area contributed by atoms with Crippen molar-refractivity contribution in [2.45, 2.75) is 6.92 Å². The highest BCUT2D eigenvalue weighted by atomic mass is 16.3. The Hall–Kier alpha value is -1.55. The van der Waals surface area contributed by atoms with Gasteiger partial charge in [-0.15, -0.1) is 0 Å². The van der Waals surface area contributed by atoms with E-state index >= 15 is 0 Å². The molecule has 94 valence electrons. The van der Waals surface area contributed by atoms with Crippen LogP contribution in [0.4, 0.5) is 0 Å². The molecule has 1 rings (SSSR count). The number of carbonyl (C=O) groups excluding carboxylic acids is 1. The summed E-state index contributed by atoms with van der Waals surface area (Å²) in [6, 6.07) is 4.92. The van der Waals surface area contributed by atoms with Gasteiger partial charge in [0.15, 0.2) is 0 Å². The summed E-state index contributed by atoms with van der Waals surface area (Å²) < 4.78 is 0. The molecule has 1 amide bonds. The largest absolute Gasteiger partial charge is 0.508 e. The van der Waals surface area contributed by atoms with Crippen LogP contribution in [0.1, 0.15) is 15.9 Å². The van der Waals surface area contributed by atoms with Gasteiger partial charge in [0.1, 0.15) is 5.75 Å². The molecule has 1 aromatic carbocycles. The fourth-order valence-electron chi connectivity index (χ4n) is 1.46. The van der Waals surface area contributed by atoms with E-state index in [4.69, 9.17) is 0 Å². The van der Waals surface area contributed by atoms with E-state index in [-0.39, 0.29) is 11.7 Å². The number of nitrogens with zero attached hydrogens (tertiary/aromatic N) is 2. The lowest BCUT2D eigenvalue weighted by Gasteiger charge is -2.20. The maximum Gasteiger partial charge on any atom is 0.253 e. The summed E-state index contributed by atoms with van der Waals surface area (Å²) in [6.07, 6.45) is 0. The number of hydrogen-bond donors (Lipinski definition) is 1. The Kier molecular flexibility index (Phi) is 4.52. The van der Waals surface area contributed by atoms with Crippen LogP contribution in [0.3, 0.4) is 0 Å². The van der Waals surface area contributed by atoms with Crippen LogP contribution in [0.25, 0.3) is 0 Å². The zero-order valence-electron chi connectivity index (χ0n) is 10.9. The molecule has 1 N–H and O–H groups in total. The average Bonchev–Trinajstić information content (AvgIpc) is 2.28. The van der Waals surface area contributed by atoms with Gasteiger partial charge >= 0.3 is 0 Å². The molecule has 0 fully saturated rings. The maximum atomic E-state index is 12.0. The van der Waals surface area contributed by atoms with Gasteiger partial charge in [-0.2, -0.15) is 0 Å². The van der Waals surface area contributed by atoms with Crippen molar-refractivity contribution in [2.24, 2.45) is 0 Å². The molecule has 0 bridgehead atoms. The lowest BCUT2D eigenvalue weighted by molar-refractivity contribution is 0.0786. The van der Waals surface area contributed by atoms with Gasteiger partial charge in [-0.25, -0.2) is 0 Å².